The zero-order chi connectivity index (χ0) is 12.7. The Morgan fingerprint density at radius 1 is 1.24 bits per heavy atom. The van der Waals surface area contributed by atoms with Crippen LogP contribution in [0, 0.1) is 11.3 Å². The summed E-state index contributed by atoms with van der Waals surface area (Å²) >= 11 is 0. The topological polar surface area (TPSA) is 15.3 Å². The number of nitrogens with one attached hydrogen (secondary N) is 1. The Balaban J connectivity index is 1.79. The van der Waals surface area contributed by atoms with Gasteiger partial charge in [0.1, 0.15) is 0 Å². The van der Waals surface area contributed by atoms with Gasteiger partial charge in [0, 0.05) is 18.1 Å². The van der Waals surface area contributed by atoms with E-state index in [0.717, 1.165) is 12.0 Å². The Kier molecular flexibility index (Phi) is 3.57. The van der Waals surface area contributed by atoms with E-state index in [9.17, 15) is 0 Å². The molecule has 2 aliphatic rings. The van der Waals surface area contributed by atoms with E-state index in [1.54, 1.807) is 0 Å². The lowest BCUT2D eigenvalue weighted by Crippen LogP contribution is -2.52. The predicted molar refractivity (Wildman–Crippen MR) is 74.2 cm³/mol. The van der Waals surface area contributed by atoms with E-state index < -0.39 is 0 Å². The molecule has 2 rings (SSSR count). The van der Waals surface area contributed by atoms with Crippen LogP contribution in [0.2, 0.25) is 0 Å². The van der Waals surface area contributed by atoms with Crippen LogP contribution in [-0.4, -0.2) is 36.1 Å². The maximum atomic E-state index is 3.67. The molecule has 0 aromatic rings. The molecule has 0 bridgehead atoms. The largest absolute Gasteiger partial charge is 0.312 e. The van der Waals surface area contributed by atoms with Crippen molar-refractivity contribution in [2.45, 2.75) is 65.5 Å². The average Bonchev–Trinajstić information content (AvgIpc) is 2.42. The van der Waals surface area contributed by atoms with Gasteiger partial charge in [-0.05, 0) is 64.5 Å². The van der Waals surface area contributed by atoms with Crippen molar-refractivity contribution in [2.24, 2.45) is 11.3 Å². The maximum absolute atomic E-state index is 3.67. The first-order valence-electron chi connectivity index (χ1n) is 7.26. The summed E-state index contributed by atoms with van der Waals surface area (Å²) in [5.74, 6) is 0.892. The van der Waals surface area contributed by atoms with Gasteiger partial charge in [0.2, 0.25) is 0 Å². The minimum atomic E-state index is 0.268. The molecule has 1 saturated heterocycles. The van der Waals surface area contributed by atoms with Gasteiger partial charge in [-0.3, -0.25) is 4.90 Å². The van der Waals surface area contributed by atoms with Gasteiger partial charge in [-0.1, -0.05) is 13.8 Å². The molecule has 2 fully saturated rings. The van der Waals surface area contributed by atoms with Gasteiger partial charge in [0.15, 0.2) is 0 Å². The van der Waals surface area contributed by atoms with E-state index in [1.165, 1.54) is 38.9 Å². The van der Waals surface area contributed by atoms with Crippen LogP contribution in [0.5, 0.6) is 0 Å². The Morgan fingerprint density at radius 3 is 2.35 bits per heavy atom. The smallest absolute Gasteiger partial charge is 0.0136 e. The summed E-state index contributed by atoms with van der Waals surface area (Å²) in [6.07, 6.45) is 4.22. The Bertz CT molecular complexity index is 265. The monoisotopic (exact) mass is 238 g/mol. The van der Waals surface area contributed by atoms with Gasteiger partial charge in [-0.15, -0.1) is 0 Å². The summed E-state index contributed by atoms with van der Waals surface area (Å²) in [5, 5.41) is 3.67. The van der Waals surface area contributed by atoms with E-state index in [0.29, 0.717) is 5.41 Å². The van der Waals surface area contributed by atoms with E-state index in [-0.39, 0.29) is 5.54 Å². The number of hydrogen-bond acceptors (Lipinski definition) is 2. The molecule has 1 heterocycles. The summed E-state index contributed by atoms with van der Waals surface area (Å²) in [6, 6.07) is 0.867. The van der Waals surface area contributed by atoms with Gasteiger partial charge in [0.25, 0.3) is 0 Å². The quantitative estimate of drug-likeness (QED) is 0.813. The van der Waals surface area contributed by atoms with Crippen molar-refractivity contribution in [3.63, 3.8) is 0 Å². The summed E-state index contributed by atoms with van der Waals surface area (Å²) in [5.41, 5.74) is 0.821. The number of likely N-dealkylation sites (tertiary alicyclic amines) is 1. The Hall–Kier alpha value is -0.0800. The van der Waals surface area contributed by atoms with Gasteiger partial charge in [-0.25, -0.2) is 0 Å². The molecule has 2 unspecified atom stereocenters. The lowest BCUT2D eigenvalue weighted by atomic mass is 9.78. The third-order valence-electron chi connectivity index (χ3n) is 4.45. The molecular weight excluding hydrogens is 208 g/mol. The molecule has 0 amide bonds. The van der Waals surface area contributed by atoms with Crippen LogP contribution in [0.25, 0.3) is 0 Å². The van der Waals surface area contributed by atoms with Crippen molar-refractivity contribution in [1.29, 1.82) is 0 Å². The molecule has 100 valence electrons. The molecule has 0 spiro atoms. The molecular formula is C15H30N2. The highest BCUT2D eigenvalue weighted by Gasteiger charge is 2.40. The summed E-state index contributed by atoms with van der Waals surface area (Å²) < 4.78 is 0. The van der Waals surface area contributed by atoms with Crippen molar-refractivity contribution < 1.29 is 0 Å². The standard InChI is InChI=1S/C15H30N2/c1-14(2,3)16-10-12-6-7-13(12)17-9-8-15(4,5)11-17/h12-13,16H,6-11H2,1-5H3. The highest BCUT2D eigenvalue weighted by Crippen LogP contribution is 2.38. The van der Waals surface area contributed by atoms with Gasteiger partial charge in [0.05, 0.1) is 0 Å². The molecule has 1 aliphatic carbocycles. The number of rotatable bonds is 3. The maximum Gasteiger partial charge on any atom is 0.0136 e. The zero-order valence-electron chi connectivity index (χ0n) is 12.3. The number of hydrogen-bond donors (Lipinski definition) is 1. The van der Waals surface area contributed by atoms with Crippen LogP contribution in [0.15, 0.2) is 0 Å². The van der Waals surface area contributed by atoms with E-state index >= 15 is 0 Å². The minimum absolute atomic E-state index is 0.268. The van der Waals surface area contributed by atoms with Gasteiger partial charge in [-0.2, -0.15) is 0 Å². The third-order valence-corrected chi connectivity index (χ3v) is 4.45. The average molecular weight is 238 g/mol. The van der Waals surface area contributed by atoms with Crippen molar-refractivity contribution in [3.8, 4) is 0 Å². The molecule has 1 aliphatic heterocycles. The molecule has 17 heavy (non-hydrogen) atoms. The molecule has 2 heteroatoms. The van der Waals surface area contributed by atoms with Crippen LogP contribution in [0.3, 0.4) is 0 Å². The first kappa shape index (κ1) is 13.4. The predicted octanol–water partition coefficient (Wildman–Crippen LogP) is 2.89. The van der Waals surface area contributed by atoms with E-state index in [1.807, 2.05) is 0 Å². The van der Waals surface area contributed by atoms with Crippen molar-refractivity contribution in [2.75, 3.05) is 19.6 Å². The zero-order valence-corrected chi connectivity index (χ0v) is 12.3. The molecule has 0 aromatic carbocycles. The Morgan fingerprint density at radius 2 is 1.94 bits per heavy atom. The lowest BCUT2D eigenvalue weighted by Gasteiger charge is -2.44. The lowest BCUT2D eigenvalue weighted by molar-refractivity contribution is 0.0701. The van der Waals surface area contributed by atoms with Crippen molar-refractivity contribution in [1.82, 2.24) is 10.2 Å². The molecule has 2 atom stereocenters. The van der Waals surface area contributed by atoms with Crippen LogP contribution in [0.1, 0.15) is 53.9 Å². The number of nitrogens with zero attached hydrogens (tertiary/aromatic N) is 1. The van der Waals surface area contributed by atoms with Crippen LogP contribution in [-0.2, 0) is 0 Å². The first-order chi connectivity index (χ1) is 7.77. The summed E-state index contributed by atoms with van der Waals surface area (Å²) in [7, 11) is 0. The molecule has 0 aromatic heterocycles. The van der Waals surface area contributed by atoms with Crippen molar-refractivity contribution in [3.05, 3.63) is 0 Å². The highest BCUT2D eigenvalue weighted by atomic mass is 15.2. The fourth-order valence-corrected chi connectivity index (χ4v) is 3.14. The SMILES string of the molecule is CC1(C)CCN(C2CCC2CNC(C)(C)C)C1. The second-order valence-electron chi connectivity index (χ2n) is 7.92. The minimum Gasteiger partial charge on any atom is -0.312 e. The molecule has 1 saturated carbocycles. The molecule has 0 radical (unpaired) electrons. The molecule has 1 N–H and O–H groups in total. The summed E-state index contributed by atoms with van der Waals surface area (Å²) in [6.45, 7) is 15.4. The second-order valence-corrected chi connectivity index (χ2v) is 7.92. The van der Waals surface area contributed by atoms with Crippen molar-refractivity contribution >= 4 is 0 Å². The van der Waals surface area contributed by atoms with E-state index in [4.69, 9.17) is 0 Å². The normalized spacial score (nSPS) is 33.7. The van der Waals surface area contributed by atoms with Gasteiger partial charge >= 0.3 is 0 Å². The fraction of sp³-hybridized carbons (Fsp3) is 1.00. The second kappa shape index (κ2) is 4.55. The van der Waals surface area contributed by atoms with Crippen LogP contribution < -0.4 is 5.32 Å². The highest BCUT2D eigenvalue weighted by molar-refractivity contribution is 4.95. The fourth-order valence-electron chi connectivity index (χ4n) is 3.14. The van der Waals surface area contributed by atoms with Crippen LogP contribution in [0.4, 0.5) is 0 Å². The molecule has 2 nitrogen and oxygen atoms in total. The first-order valence-corrected chi connectivity index (χ1v) is 7.26. The van der Waals surface area contributed by atoms with Crippen LogP contribution >= 0.6 is 0 Å². The van der Waals surface area contributed by atoms with Gasteiger partial charge < -0.3 is 5.32 Å². The Labute approximate surface area is 107 Å². The van der Waals surface area contributed by atoms with E-state index in [2.05, 4.69) is 44.8 Å². The third kappa shape index (κ3) is 3.45. The summed E-state index contributed by atoms with van der Waals surface area (Å²) in [4.78, 5) is 2.75.